The van der Waals surface area contributed by atoms with E-state index in [1.54, 1.807) is 0 Å². The Kier molecular flexibility index (Phi) is 7.33. The molecule has 0 fully saturated rings. The normalized spacial score (nSPS) is 11.0. The fourth-order valence-corrected chi connectivity index (χ4v) is 5.00. The highest BCUT2D eigenvalue weighted by Gasteiger charge is 2.17. The van der Waals surface area contributed by atoms with Crippen molar-refractivity contribution in [3.63, 3.8) is 0 Å². The summed E-state index contributed by atoms with van der Waals surface area (Å²) in [4.78, 5) is 42.7. The molecule has 0 aliphatic carbocycles. The molecule has 7 rings (SSSR count). The van der Waals surface area contributed by atoms with Crippen LogP contribution in [0.3, 0.4) is 0 Å². The van der Waals surface area contributed by atoms with Gasteiger partial charge in [0.1, 0.15) is 17.5 Å². The second kappa shape index (κ2) is 11.9. The number of hydrogen-bond donors (Lipinski definition) is 0. The number of hydrogen-bond acceptors (Lipinski definition) is 9. The van der Waals surface area contributed by atoms with Gasteiger partial charge in [-0.3, -0.25) is 0 Å². The van der Waals surface area contributed by atoms with Crippen LogP contribution in [-0.2, 0) is 0 Å². The molecule has 0 bridgehead atoms. The molecular formula is C36H27N9. The highest BCUT2D eigenvalue weighted by Crippen LogP contribution is 2.31. The van der Waals surface area contributed by atoms with Gasteiger partial charge in [0.05, 0.1) is 0 Å². The Morgan fingerprint density at radius 1 is 0.267 bits per heavy atom. The van der Waals surface area contributed by atoms with E-state index >= 15 is 0 Å². The molecule has 4 aromatic carbocycles. The Labute approximate surface area is 260 Å². The van der Waals surface area contributed by atoms with Crippen LogP contribution in [0.2, 0.25) is 0 Å². The molecule has 3 aromatic heterocycles. The third-order valence-electron chi connectivity index (χ3n) is 7.05. The van der Waals surface area contributed by atoms with Gasteiger partial charge in [0, 0.05) is 33.4 Å². The van der Waals surface area contributed by atoms with Crippen molar-refractivity contribution < 1.29 is 0 Å². The minimum atomic E-state index is 0.521. The molecule has 7 aromatic rings. The van der Waals surface area contributed by atoms with Crippen molar-refractivity contribution in [2.45, 2.75) is 20.8 Å². The largest absolute Gasteiger partial charge is 0.213 e. The Bertz CT molecular complexity index is 1880. The van der Waals surface area contributed by atoms with Crippen molar-refractivity contribution in [1.29, 1.82) is 0 Å². The lowest BCUT2D eigenvalue weighted by atomic mass is 10.0. The van der Waals surface area contributed by atoms with E-state index in [9.17, 15) is 0 Å². The molecule has 216 valence electrons. The first-order chi connectivity index (χ1) is 22.0. The summed E-state index contributed by atoms with van der Waals surface area (Å²) in [6.45, 7) is 5.60. The molecule has 0 atom stereocenters. The van der Waals surface area contributed by atoms with E-state index in [0.717, 1.165) is 33.4 Å². The second-order valence-electron chi connectivity index (χ2n) is 10.5. The summed E-state index contributed by atoms with van der Waals surface area (Å²) in [5.41, 5.74) is 4.97. The fourth-order valence-electron chi connectivity index (χ4n) is 5.00. The van der Waals surface area contributed by atoms with E-state index in [0.29, 0.717) is 52.4 Å². The first kappa shape index (κ1) is 27.7. The van der Waals surface area contributed by atoms with E-state index in [2.05, 4.69) is 15.0 Å². The topological polar surface area (TPSA) is 116 Å². The monoisotopic (exact) mass is 585 g/mol. The van der Waals surface area contributed by atoms with Gasteiger partial charge in [-0.25, -0.2) is 44.9 Å². The first-order valence-corrected chi connectivity index (χ1v) is 14.5. The molecule has 0 amide bonds. The van der Waals surface area contributed by atoms with E-state index in [1.807, 2.05) is 130 Å². The maximum atomic E-state index is 4.88. The predicted molar refractivity (Wildman–Crippen MR) is 173 cm³/mol. The standard InChI is InChI=1S/C36H27N9/c1-22-37-31(25-13-7-4-8-14-25)43-34(40-22)28-19-29(35-41-23(2)38-32(44-35)26-15-9-5-10-16-26)21-30(20-28)36-42-24(3)39-33(45-36)27-17-11-6-12-18-27/h4-21H,1-3H3. The van der Waals surface area contributed by atoms with Gasteiger partial charge in [0.25, 0.3) is 0 Å². The number of rotatable bonds is 6. The van der Waals surface area contributed by atoms with Crippen molar-refractivity contribution in [3.8, 4) is 68.3 Å². The first-order valence-electron chi connectivity index (χ1n) is 14.5. The van der Waals surface area contributed by atoms with Crippen LogP contribution in [0.15, 0.2) is 109 Å². The summed E-state index contributed by atoms with van der Waals surface area (Å²) in [5.74, 6) is 5.16. The highest BCUT2D eigenvalue weighted by molar-refractivity contribution is 5.76. The Hall–Kier alpha value is -6.09. The minimum absolute atomic E-state index is 0.521. The molecule has 9 heteroatoms. The summed E-state index contributed by atoms with van der Waals surface area (Å²) >= 11 is 0. The predicted octanol–water partition coefficient (Wildman–Crippen LogP) is 7.17. The van der Waals surface area contributed by atoms with Crippen LogP contribution in [0.25, 0.3) is 68.3 Å². The van der Waals surface area contributed by atoms with Gasteiger partial charge in [-0.15, -0.1) is 0 Å². The number of aromatic nitrogens is 9. The SMILES string of the molecule is Cc1nc(-c2ccccc2)nc(-c2cc(-c3nc(C)nc(-c4ccccc4)n3)cc(-c3nc(C)nc(-c4ccccc4)n3)c2)n1. The lowest BCUT2D eigenvalue weighted by Crippen LogP contribution is -2.03. The summed E-state index contributed by atoms with van der Waals surface area (Å²) in [7, 11) is 0. The van der Waals surface area contributed by atoms with Gasteiger partial charge in [-0.2, -0.15) is 0 Å². The molecule has 9 nitrogen and oxygen atoms in total. The molecule has 0 radical (unpaired) electrons. The van der Waals surface area contributed by atoms with Gasteiger partial charge in [-0.05, 0) is 39.0 Å². The van der Waals surface area contributed by atoms with Crippen molar-refractivity contribution in [2.24, 2.45) is 0 Å². The zero-order valence-electron chi connectivity index (χ0n) is 24.9. The summed E-state index contributed by atoms with van der Waals surface area (Å²) in [5, 5.41) is 0. The van der Waals surface area contributed by atoms with Gasteiger partial charge in [-0.1, -0.05) is 91.0 Å². The van der Waals surface area contributed by atoms with Gasteiger partial charge < -0.3 is 0 Å². The van der Waals surface area contributed by atoms with E-state index in [4.69, 9.17) is 29.9 Å². The van der Waals surface area contributed by atoms with Crippen LogP contribution in [-0.4, -0.2) is 44.9 Å². The van der Waals surface area contributed by atoms with E-state index in [1.165, 1.54) is 0 Å². The Morgan fingerprint density at radius 2 is 0.489 bits per heavy atom. The molecule has 0 saturated carbocycles. The second-order valence-corrected chi connectivity index (χ2v) is 10.5. The molecule has 0 aliphatic heterocycles. The van der Waals surface area contributed by atoms with Crippen LogP contribution >= 0.6 is 0 Å². The maximum absolute atomic E-state index is 4.88. The van der Waals surface area contributed by atoms with Crippen LogP contribution in [0.5, 0.6) is 0 Å². The minimum Gasteiger partial charge on any atom is -0.213 e. The third kappa shape index (κ3) is 6.05. The Morgan fingerprint density at radius 3 is 0.733 bits per heavy atom. The molecule has 45 heavy (non-hydrogen) atoms. The molecule has 0 N–H and O–H groups in total. The average Bonchev–Trinajstić information content (AvgIpc) is 3.08. The van der Waals surface area contributed by atoms with Crippen LogP contribution in [0, 0.1) is 20.8 Å². The molecule has 3 heterocycles. The lowest BCUT2D eigenvalue weighted by molar-refractivity contribution is 0.984. The maximum Gasteiger partial charge on any atom is 0.163 e. The third-order valence-corrected chi connectivity index (χ3v) is 7.05. The van der Waals surface area contributed by atoms with E-state index in [-0.39, 0.29) is 0 Å². The quantitative estimate of drug-likeness (QED) is 0.200. The number of nitrogens with zero attached hydrogens (tertiary/aromatic N) is 9. The molecule has 0 aliphatic rings. The van der Waals surface area contributed by atoms with Crippen molar-refractivity contribution >= 4 is 0 Å². The summed E-state index contributed by atoms with van der Waals surface area (Å²) < 4.78 is 0. The van der Waals surface area contributed by atoms with Gasteiger partial charge in [0.2, 0.25) is 0 Å². The molecular weight excluding hydrogens is 558 g/mol. The van der Waals surface area contributed by atoms with Crippen molar-refractivity contribution in [2.75, 3.05) is 0 Å². The van der Waals surface area contributed by atoms with Gasteiger partial charge in [0.15, 0.2) is 34.9 Å². The lowest BCUT2D eigenvalue weighted by Gasteiger charge is -2.12. The van der Waals surface area contributed by atoms with E-state index < -0.39 is 0 Å². The summed E-state index contributed by atoms with van der Waals surface area (Å²) in [6.07, 6.45) is 0. The zero-order valence-corrected chi connectivity index (χ0v) is 24.9. The molecule has 0 saturated heterocycles. The highest BCUT2D eigenvalue weighted by atomic mass is 15.0. The van der Waals surface area contributed by atoms with Crippen LogP contribution < -0.4 is 0 Å². The smallest absolute Gasteiger partial charge is 0.163 e. The Balaban J connectivity index is 1.44. The number of benzene rings is 4. The molecule has 0 unspecified atom stereocenters. The zero-order chi connectivity index (χ0) is 30.8. The van der Waals surface area contributed by atoms with Crippen LogP contribution in [0.1, 0.15) is 17.5 Å². The van der Waals surface area contributed by atoms with Crippen molar-refractivity contribution in [3.05, 3.63) is 127 Å². The average molecular weight is 586 g/mol. The summed E-state index contributed by atoms with van der Waals surface area (Å²) in [6, 6.07) is 35.6. The molecule has 0 spiro atoms. The van der Waals surface area contributed by atoms with Crippen LogP contribution in [0.4, 0.5) is 0 Å². The van der Waals surface area contributed by atoms with Gasteiger partial charge >= 0.3 is 0 Å². The fraction of sp³-hybridized carbons (Fsp3) is 0.0833. The number of aryl methyl sites for hydroxylation is 3. The van der Waals surface area contributed by atoms with Crippen molar-refractivity contribution in [1.82, 2.24) is 44.9 Å².